The van der Waals surface area contributed by atoms with Crippen LogP contribution in [0.4, 0.5) is 0 Å². The fraction of sp³-hybridized carbons (Fsp3) is 0.684. The highest BCUT2D eigenvalue weighted by Gasteiger charge is 2.20. The van der Waals surface area contributed by atoms with Crippen LogP contribution in [0.2, 0.25) is 0 Å². The largest absolute Gasteiger partial charge is 0.374 e. The molecule has 2 rings (SSSR count). The van der Waals surface area contributed by atoms with E-state index in [0.717, 1.165) is 13.2 Å². The van der Waals surface area contributed by atoms with Crippen molar-refractivity contribution in [2.75, 3.05) is 6.54 Å². The molecule has 0 bridgehead atoms. The van der Waals surface area contributed by atoms with Crippen molar-refractivity contribution in [3.8, 4) is 0 Å². The molecule has 0 aromatic heterocycles. The normalized spacial score (nSPS) is 23.2. The van der Waals surface area contributed by atoms with Crippen LogP contribution in [0.1, 0.15) is 64.5 Å². The van der Waals surface area contributed by atoms with E-state index in [1.54, 1.807) is 0 Å². The predicted molar refractivity (Wildman–Crippen MR) is 89.7 cm³/mol. The summed E-state index contributed by atoms with van der Waals surface area (Å²) in [7, 11) is 0. The first-order valence-electron chi connectivity index (χ1n) is 8.43. The Morgan fingerprint density at radius 2 is 1.67 bits per heavy atom. The van der Waals surface area contributed by atoms with Crippen LogP contribution in [0.15, 0.2) is 24.3 Å². The average Bonchev–Trinajstić information content (AvgIpc) is 2.46. The van der Waals surface area contributed by atoms with E-state index in [0.29, 0.717) is 12.1 Å². The molecule has 0 spiro atoms. The van der Waals surface area contributed by atoms with E-state index in [1.165, 1.54) is 36.8 Å². The van der Waals surface area contributed by atoms with Gasteiger partial charge in [0.1, 0.15) is 0 Å². The van der Waals surface area contributed by atoms with Gasteiger partial charge in [0.15, 0.2) is 0 Å². The molecular formula is C19H31NO. The Bertz CT molecular complexity index is 410. The van der Waals surface area contributed by atoms with Crippen molar-refractivity contribution in [1.29, 1.82) is 0 Å². The standard InChI is InChI=1S/C19H31NO/c1-5-20-17-10-12-18(13-11-17)21-14-15-6-8-16(9-7-15)19(2,3)4/h6-9,17-18,20H,5,10-14H2,1-4H3. The number of hydrogen-bond donors (Lipinski definition) is 1. The number of rotatable bonds is 5. The van der Waals surface area contributed by atoms with Crippen LogP contribution < -0.4 is 5.32 Å². The summed E-state index contributed by atoms with van der Waals surface area (Å²) < 4.78 is 6.09. The van der Waals surface area contributed by atoms with Crippen molar-refractivity contribution in [3.63, 3.8) is 0 Å². The molecule has 21 heavy (non-hydrogen) atoms. The van der Waals surface area contributed by atoms with E-state index in [2.05, 4.69) is 57.3 Å². The lowest BCUT2D eigenvalue weighted by atomic mass is 9.87. The first kappa shape index (κ1) is 16.5. The van der Waals surface area contributed by atoms with Crippen LogP contribution >= 0.6 is 0 Å². The van der Waals surface area contributed by atoms with Gasteiger partial charge in [0.05, 0.1) is 12.7 Å². The summed E-state index contributed by atoms with van der Waals surface area (Å²) in [5, 5.41) is 3.54. The van der Waals surface area contributed by atoms with Gasteiger partial charge in [0.25, 0.3) is 0 Å². The van der Waals surface area contributed by atoms with E-state index in [1.807, 2.05) is 0 Å². The van der Waals surface area contributed by atoms with Gasteiger partial charge < -0.3 is 10.1 Å². The van der Waals surface area contributed by atoms with Crippen molar-refractivity contribution in [1.82, 2.24) is 5.32 Å². The lowest BCUT2D eigenvalue weighted by molar-refractivity contribution is 0.0114. The minimum Gasteiger partial charge on any atom is -0.374 e. The molecule has 1 saturated carbocycles. The zero-order chi connectivity index (χ0) is 15.3. The highest BCUT2D eigenvalue weighted by atomic mass is 16.5. The van der Waals surface area contributed by atoms with E-state index in [9.17, 15) is 0 Å². The predicted octanol–water partition coefficient (Wildman–Crippen LogP) is 4.42. The molecule has 0 amide bonds. The van der Waals surface area contributed by atoms with Crippen LogP contribution in [0.3, 0.4) is 0 Å². The quantitative estimate of drug-likeness (QED) is 0.866. The summed E-state index contributed by atoms with van der Waals surface area (Å²) in [6.07, 6.45) is 5.33. The van der Waals surface area contributed by atoms with Crippen molar-refractivity contribution in [3.05, 3.63) is 35.4 Å². The Labute approximate surface area is 130 Å². The Morgan fingerprint density at radius 1 is 1.05 bits per heavy atom. The van der Waals surface area contributed by atoms with Crippen molar-refractivity contribution >= 4 is 0 Å². The molecule has 1 aromatic carbocycles. The smallest absolute Gasteiger partial charge is 0.0720 e. The lowest BCUT2D eigenvalue weighted by Crippen LogP contribution is -2.35. The first-order valence-corrected chi connectivity index (χ1v) is 8.43. The topological polar surface area (TPSA) is 21.3 Å². The van der Waals surface area contributed by atoms with Gasteiger partial charge in [-0.05, 0) is 48.8 Å². The monoisotopic (exact) mass is 289 g/mol. The number of hydrogen-bond acceptors (Lipinski definition) is 2. The van der Waals surface area contributed by atoms with Crippen molar-refractivity contribution < 1.29 is 4.74 Å². The Hall–Kier alpha value is -0.860. The molecule has 0 radical (unpaired) electrons. The fourth-order valence-electron chi connectivity index (χ4n) is 3.04. The van der Waals surface area contributed by atoms with Gasteiger partial charge in [-0.1, -0.05) is 52.0 Å². The molecule has 1 aliphatic carbocycles. The van der Waals surface area contributed by atoms with Gasteiger partial charge in [-0.25, -0.2) is 0 Å². The van der Waals surface area contributed by atoms with Gasteiger partial charge in [0.2, 0.25) is 0 Å². The lowest BCUT2D eigenvalue weighted by Gasteiger charge is -2.29. The fourth-order valence-corrected chi connectivity index (χ4v) is 3.04. The van der Waals surface area contributed by atoms with Gasteiger partial charge in [-0.2, -0.15) is 0 Å². The van der Waals surface area contributed by atoms with E-state index >= 15 is 0 Å². The molecule has 1 aliphatic rings. The maximum atomic E-state index is 6.09. The number of nitrogens with one attached hydrogen (secondary N) is 1. The molecule has 1 fully saturated rings. The van der Waals surface area contributed by atoms with Gasteiger partial charge in [-0.15, -0.1) is 0 Å². The maximum Gasteiger partial charge on any atom is 0.0720 e. The Morgan fingerprint density at radius 3 is 2.19 bits per heavy atom. The zero-order valence-corrected chi connectivity index (χ0v) is 14.1. The summed E-state index contributed by atoms with van der Waals surface area (Å²) in [5.41, 5.74) is 2.90. The van der Waals surface area contributed by atoms with Crippen LogP contribution in [0.5, 0.6) is 0 Å². The third-order valence-electron chi connectivity index (χ3n) is 4.47. The minimum absolute atomic E-state index is 0.226. The Balaban J connectivity index is 1.76. The molecule has 0 atom stereocenters. The third-order valence-corrected chi connectivity index (χ3v) is 4.47. The van der Waals surface area contributed by atoms with Crippen LogP contribution in [0, 0.1) is 0 Å². The molecule has 0 unspecified atom stereocenters. The minimum atomic E-state index is 0.226. The second-order valence-electron chi connectivity index (χ2n) is 7.29. The second kappa shape index (κ2) is 7.42. The van der Waals surface area contributed by atoms with Gasteiger partial charge >= 0.3 is 0 Å². The number of ether oxygens (including phenoxy) is 1. The first-order chi connectivity index (χ1) is 9.99. The molecule has 1 aromatic rings. The molecular weight excluding hydrogens is 258 g/mol. The third kappa shape index (κ3) is 5.12. The summed E-state index contributed by atoms with van der Waals surface area (Å²) >= 11 is 0. The SMILES string of the molecule is CCNC1CCC(OCc2ccc(C(C)(C)C)cc2)CC1. The summed E-state index contributed by atoms with van der Waals surface area (Å²) in [6.45, 7) is 10.8. The molecule has 0 heterocycles. The zero-order valence-electron chi connectivity index (χ0n) is 14.1. The summed E-state index contributed by atoms with van der Waals surface area (Å²) in [4.78, 5) is 0. The Kier molecular flexibility index (Phi) is 5.83. The summed E-state index contributed by atoms with van der Waals surface area (Å²) in [5.74, 6) is 0. The maximum absolute atomic E-state index is 6.09. The van der Waals surface area contributed by atoms with Gasteiger partial charge in [-0.3, -0.25) is 0 Å². The van der Waals surface area contributed by atoms with Crippen molar-refractivity contribution in [2.24, 2.45) is 0 Å². The molecule has 118 valence electrons. The molecule has 2 heteroatoms. The molecule has 0 saturated heterocycles. The van der Waals surface area contributed by atoms with Crippen LogP contribution in [0.25, 0.3) is 0 Å². The van der Waals surface area contributed by atoms with E-state index in [4.69, 9.17) is 4.74 Å². The van der Waals surface area contributed by atoms with Crippen LogP contribution in [-0.4, -0.2) is 18.7 Å². The summed E-state index contributed by atoms with van der Waals surface area (Å²) in [6, 6.07) is 9.61. The molecule has 2 nitrogen and oxygen atoms in total. The van der Waals surface area contributed by atoms with E-state index < -0.39 is 0 Å². The van der Waals surface area contributed by atoms with Gasteiger partial charge in [0, 0.05) is 6.04 Å². The second-order valence-corrected chi connectivity index (χ2v) is 7.29. The molecule has 0 aliphatic heterocycles. The van der Waals surface area contributed by atoms with Crippen LogP contribution in [-0.2, 0) is 16.8 Å². The average molecular weight is 289 g/mol. The molecule has 1 N–H and O–H groups in total. The highest BCUT2D eigenvalue weighted by molar-refractivity contribution is 5.27. The van der Waals surface area contributed by atoms with Crippen molar-refractivity contribution in [2.45, 2.75) is 77.5 Å². The number of benzene rings is 1. The van der Waals surface area contributed by atoms with E-state index in [-0.39, 0.29) is 5.41 Å². The highest BCUT2D eigenvalue weighted by Crippen LogP contribution is 2.24.